The molecule has 0 aliphatic heterocycles. The molecule has 0 radical (unpaired) electrons. The van der Waals surface area contributed by atoms with Gasteiger partial charge in [-0.25, -0.2) is 8.42 Å². The predicted octanol–water partition coefficient (Wildman–Crippen LogP) is 2.36. The van der Waals surface area contributed by atoms with Crippen molar-refractivity contribution in [1.82, 2.24) is 4.98 Å². The summed E-state index contributed by atoms with van der Waals surface area (Å²) in [6.45, 7) is 1.24. The molecule has 0 bridgehead atoms. The van der Waals surface area contributed by atoms with Crippen molar-refractivity contribution >= 4 is 38.0 Å². The van der Waals surface area contributed by atoms with Crippen molar-refractivity contribution in [2.45, 2.75) is 0 Å². The zero-order valence-corrected chi connectivity index (χ0v) is 13.2. The molecule has 0 atom stereocenters. The molecule has 21 heavy (non-hydrogen) atoms. The van der Waals surface area contributed by atoms with Crippen LogP contribution in [0, 0.1) is 0 Å². The lowest BCUT2D eigenvalue weighted by Crippen LogP contribution is -2.15. The first-order chi connectivity index (χ1) is 9.96. The van der Waals surface area contributed by atoms with Crippen LogP contribution in [-0.2, 0) is 14.6 Å². The predicted molar refractivity (Wildman–Crippen MR) is 85.8 cm³/mol. The van der Waals surface area contributed by atoms with E-state index in [-0.39, 0.29) is 12.4 Å². The first kappa shape index (κ1) is 16.0. The Morgan fingerprint density at radius 1 is 1.29 bits per heavy atom. The zero-order valence-electron chi connectivity index (χ0n) is 11.7. The average Bonchev–Trinajstić information content (AvgIpc) is 2.41. The SMILES string of the molecule is CS(=O)(=O)CCOCCNc1ccnc2cc(Cl)ccc12. The first-order valence-electron chi connectivity index (χ1n) is 6.49. The zero-order chi connectivity index (χ0) is 15.3. The van der Waals surface area contributed by atoms with E-state index in [0.29, 0.717) is 18.2 Å². The summed E-state index contributed by atoms with van der Waals surface area (Å²) in [4.78, 5) is 4.27. The van der Waals surface area contributed by atoms with Crippen LogP contribution in [0.2, 0.25) is 5.02 Å². The smallest absolute Gasteiger partial charge is 0.149 e. The third-order valence-electron chi connectivity index (χ3n) is 2.87. The van der Waals surface area contributed by atoms with E-state index in [1.165, 1.54) is 6.26 Å². The van der Waals surface area contributed by atoms with Crippen LogP contribution in [0.3, 0.4) is 0 Å². The molecule has 0 amide bonds. The number of hydrogen-bond acceptors (Lipinski definition) is 5. The van der Waals surface area contributed by atoms with Gasteiger partial charge in [0.15, 0.2) is 0 Å². The number of fused-ring (bicyclic) bond motifs is 1. The molecule has 2 rings (SSSR count). The van der Waals surface area contributed by atoms with E-state index < -0.39 is 9.84 Å². The lowest BCUT2D eigenvalue weighted by Gasteiger charge is -2.10. The summed E-state index contributed by atoms with van der Waals surface area (Å²) in [5.41, 5.74) is 1.77. The molecule has 7 heteroatoms. The number of benzene rings is 1. The average molecular weight is 329 g/mol. The van der Waals surface area contributed by atoms with Crippen molar-refractivity contribution in [2.24, 2.45) is 0 Å². The summed E-state index contributed by atoms with van der Waals surface area (Å²) in [5.74, 6) is 0.0453. The van der Waals surface area contributed by atoms with Crippen LogP contribution in [0.5, 0.6) is 0 Å². The summed E-state index contributed by atoms with van der Waals surface area (Å²) < 4.78 is 27.2. The second-order valence-electron chi connectivity index (χ2n) is 4.69. The second-order valence-corrected chi connectivity index (χ2v) is 7.39. The summed E-state index contributed by atoms with van der Waals surface area (Å²) in [5, 5.41) is 4.88. The Kier molecular flexibility index (Phi) is 5.39. The third-order valence-corrected chi connectivity index (χ3v) is 4.01. The third kappa shape index (κ3) is 5.15. The number of halogens is 1. The second kappa shape index (κ2) is 7.06. The molecule has 1 aromatic carbocycles. The number of nitrogens with zero attached hydrogens (tertiary/aromatic N) is 1. The molecule has 1 aromatic heterocycles. The Hall–Kier alpha value is -1.37. The number of aromatic nitrogens is 1. The van der Waals surface area contributed by atoms with Gasteiger partial charge in [0.1, 0.15) is 9.84 Å². The molecule has 1 N–H and O–H groups in total. The van der Waals surface area contributed by atoms with Crippen molar-refractivity contribution in [3.05, 3.63) is 35.5 Å². The fraction of sp³-hybridized carbons (Fsp3) is 0.357. The molecular weight excluding hydrogens is 312 g/mol. The van der Waals surface area contributed by atoms with Crippen molar-refractivity contribution < 1.29 is 13.2 Å². The highest BCUT2D eigenvalue weighted by Crippen LogP contribution is 2.24. The highest BCUT2D eigenvalue weighted by molar-refractivity contribution is 7.90. The number of anilines is 1. The molecular formula is C14H17ClN2O3S. The van der Waals surface area contributed by atoms with Gasteiger partial charge in [-0.2, -0.15) is 0 Å². The summed E-state index contributed by atoms with van der Waals surface area (Å²) in [6.07, 6.45) is 2.91. The van der Waals surface area contributed by atoms with Gasteiger partial charge in [0.2, 0.25) is 0 Å². The summed E-state index contributed by atoms with van der Waals surface area (Å²) in [7, 11) is -2.96. The van der Waals surface area contributed by atoms with Crippen LogP contribution in [-0.4, -0.2) is 45.2 Å². The minimum atomic E-state index is -2.96. The molecule has 0 unspecified atom stereocenters. The number of ether oxygens (including phenoxy) is 1. The van der Waals surface area contributed by atoms with E-state index in [9.17, 15) is 8.42 Å². The van der Waals surface area contributed by atoms with E-state index in [0.717, 1.165) is 16.6 Å². The van der Waals surface area contributed by atoms with Gasteiger partial charge in [0, 0.05) is 35.1 Å². The van der Waals surface area contributed by atoms with E-state index in [1.54, 1.807) is 6.20 Å². The highest BCUT2D eigenvalue weighted by Gasteiger charge is 2.03. The van der Waals surface area contributed by atoms with Crippen LogP contribution >= 0.6 is 11.6 Å². The molecule has 5 nitrogen and oxygen atoms in total. The van der Waals surface area contributed by atoms with Crippen LogP contribution < -0.4 is 5.32 Å². The van der Waals surface area contributed by atoms with Gasteiger partial charge in [-0.3, -0.25) is 4.98 Å². The largest absolute Gasteiger partial charge is 0.382 e. The lowest BCUT2D eigenvalue weighted by molar-refractivity contribution is 0.159. The maximum atomic E-state index is 10.9. The maximum Gasteiger partial charge on any atom is 0.149 e. The molecule has 2 aromatic rings. The van der Waals surface area contributed by atoms with Crippen LogP contribution in [0.1, 0.15) is 0 Å². The van der Waals surface area contributed by atoms with Gasteiger partial charge >= 0.3 is 0 Å². The molecule has 0 fully saturated rings. The molecule has 0 saturated heterocycles. The quantitative estimate of drug-likeness (QED) is 0.790. The van der Waals surface area contributed by atoms with Crippen LogP contribution in [0.25, 0.3) is 10.9 Å². The maximum absolute atomic E-state index is 10.9. The molecule has 0 spiro atoms. The minimum absolute atomic E-state index is 0.0453. The standard InChI is InChI=1S/C14H17ClN2O3S/c1-21(18,19)9-8-20-7-6-17-13-4-5-16-14-10-11(15)2-3-12(13)14/h2-5,10H,6-9H2,1H3,(H,16,17). The van der Waals surface area contributed by atoms with Crippen LogP contribution in [0.15, 0.2) is 30.5 Å². The van der Waals surface area contributed by atoms with Crippen LogP contribution in [0.4, 0.5) is 5.69 Å². The van der Waals surface area contributed by atoms with E-state index in [2.05, 4.69) is 10.3 Å². The van der Waals surface area contributed by atoms with E-state index >= 15 is 0 Å². The van der Waals surface area contributed by atoms with E-state index in [4.69, 9.17) is 16.3 Å². The number of rotatable bonds is 7. The molecule has 0 saturated carbocycles. The first-order valence-corrected chi connectivity index (χ1v) is 8.93. The fourth-order valence-electron chi connectivity index (χ4n) is 1.85. The van der Waals surface area contributed by atoms with Crippen molar-refractivity contribution in [3.8, 4) is 0 Å². The Bertz CT molecular complexity index is 719. The number of nitrogens with one attached hydrogen (secondary N) is 1. The molecule has 114 valence electrons. The Morgan fingerprint density at radius 3 is 2.86 bits per heavy atom. The highest BCUT2D eigenvalue weighted by atomic mass is 35.5. The van der Waals surface area contributed by atoms with Crippen molar-refractivity contribution in [3.63, 3.8) is 0 Å². The molecule has 0 aliphatic carbocycles. The van der Waals surface area contributed by atoms with Gasteiger partial charge in [-0.1, -0.05) is 11.6 Å². The van der Waals surface area contributed by atoms with Gasteiger partial charge in [0.05, 0.1) is 24.5 Å². The summed E-state index contributed by atoms with van der Waals surface area (Å²) >= 11 is 5.94. The van der Waals surface area contributed by atoms with Crippen molar-refractivity contribution in [1.29, 1.82) is 0 Å². The monoisotopic (exact) mass is 328 g/mol. The molecule has 0 aliphatic rings. The number of hydrogen-bond donors (Lipinski definition) is 1. The topological polar surface area (TPSA) is 68.3 Å². The normalized spacial score (nSPS) is 11.7. The van der Waals surface area contributed by atoms with E-state index in [1.807, 2.05) is 24.3 Å². The van der Waals surface area contributed by atoms with Gasteiger partial charge in [0.25, 0.3) is 0 Å². The number of sulfone groups is 1. The van der Waals surface area contributed by atoms with Gasteiger partial charge in [-0.15, -0.1) is 0 Å². The minimum Gasteiger partial charge on any atom is -0.382 e. The van der Waals surface area contributed by atoms with Gasteiger partial charge in [-0.05, 0) is 24.3 Å². The molecule has 1 heterocycles. The number of pyridine rings is 1. The van der Waals surface area contributed by atoms with Gasteiger partial charge < -0.3 is 10.1 Å². The van der Waals surface area contributed by atoms with Crippen molar-refractivity contribution in [2.75, 3.05) is 37.1 Å². The Balaban J connectivity index is 1.86. The fourth-order valence-corrected chi connectivity index (χ4v) is 2.43. The Labute approximate surface area is 129 Å². The lowest BCUT2D eigenvalue weighted by atomic mass is 10.2. The summed E-state index contributed by atoms with van der Waals surface area (Å²) in [6, 6.07) is 7.42. The Morgan fingerprint density at radius 2 is 2.10 bits per heavy atom.